The van der Waals surface area contributed by atoms with Crippen molar-refractivity contribution >= 4 is 5.91 Å². The van der Waals surface area contributed by atoms with Crippen molar-refractivity contribution < 1.29 is 4.79 Å². The Morgan fingerprint density at radius 1 is 1.41 bits per heavy atom. The molecule has 100 valence electrons. The zero-order valence-electron chi connectivity index (χ0n) is 11.4. The van der Waals surface area contributed by atoms with Crippen LogP contribution in [0.1, 0.15) is 33.6 Å². The maximum atomic E-state index is 11.7. The second kappa shape index (κ2) is 6.97. The van der Waals surface area contributed by atoms with Gasteiger partial charge in [0.05, 0.1) is 0 Å². The fraction of sp³-hybridized carbons (Fsp3) is 0.923. The number of rotatable bonds is 5. The van der Waals surface area contributed by atoms with Crippen molar-refractivity contribution in [3.05, 3.63) is 0 Å². The maximum Gasteiger partial charge on any atom is 0.224 e. The number of nitrogens with zero attached hydrogens (tertiary/aromatic N) is 1. The van der Waals surface area contributed by atoms with E-state index in [1.807, 2.05) is 13.8 Å². The first-order valence-corrected chi connectivity index (χ1v) is 6.76. The molecule has 0 bridgehead atoms. The van der Waals surface area contributed by atoms with Gasteiger partial charge in [-0.3, -0.25) is 4.79 Å². The summed E-state index contributed by atoms with van der Waals surface area (Å²) >= 11 is 0. The molecule has 2 atom stereocenters. The average molecular weight is 241 g/mol. The van der Waals surface area contributed by atoms with Gasteiger partial charge < -0.3 is 16.0 Å². The summed E-state index contributed by atoms with van der Waals surface area (Å²) in [6.45, 7) is 10.1. The third-order valence-electron chi connectivity index (χ3n) is 3.81. The highest BCUT2D eigenvalue weighted by Gasteiger charge is 2.18. The summed E-state index contributed by atoms with van der Waals surface area (Å²) in [6.07, 6.45) is 2.56. The topological polar surface area (TPSA) is 58.4 Å². The number of nitrogens with one attached hydrogen (secondary N) is 1. The number of nitrogens with two attached hydrogens (primary N) is 1. The molecule has 1 aliphatic heterocycles. The fourth-order valence-corrected chi connectivity index (χ4v) is 2.02. The van der Waals surface area contributed by atoms with Gasteiger partial charge in [0.25, 0.3) is 0 Å². The van der Waals surface area contributed by atoms with E-state index in [2.05, 4.69) is 17.1 Å². The van der Waals surface area contributed by atoms with Crippen molar-refractivity contribution in [3.8, 4) is 0 Å². The number of hydrogen-bond acceptors (Lipinski definition) is 3. The summed E-state index contributed by atoms with van der Waals surface area (Å²) in [6, 6.07) is -0.0779. The molecule has 3 N–H and O–H groups in total. The van der Waals surface area contributed by atoms with Gasteiger partial charge >= 0.3 is 0 Å². The van der Waals surface area contributed by atoms with E-state index in [-0.39, 0.29) is 17.9 Å². The van der Waals surface area contributed by atoms with Gasteiger partial charge in [0.1, 0.15) is 0 Å². The van der Waals surface area contributed by atoms with Crippen molar-refractivity contribution in [3.63, 3.8) is 0 Å². The minimum absolute atomic E-state index is 0.0744. The molecule has 1 amide bonds. The molecule has 1 heterocycles. The largest absolute Gasteiger partial charge is 0.355 e. The molecule has 0 aromatic carbocycles. The summed E-state index contributed by atoms with van der Waals surface area (Å²) in [5, 5.41) is 2.96. The van der Waals surface area contributed by atoms with Gasteiger partial charge in [0, 0.05) is 25.0 Å². The van der Waals surface area contributed by atoms with E-state index in [9.17, 15) is 4.79 Å². The van der Waals surface area contributed by atoms with Crippen LogP contribution in [0.5, 0.6) is 0 Å². The fourth-order valence-electron chi connectivity index (χ4n) is 2.02. The normalized spacial score (nSPS) is 22.1. The smallest absolute Gasteiger partial charge is 0.224 e. The van der Waals surface area contributed by atoms with Crippen molar-refractivity contribution in [2.45, 2.75) is 39.7 Å². The SMILES string of the molecule is CC1CCN(CCNC(=O)C(C)C(C)N)CC1. The lowest BCUT2D eigenvalue weighted by molar-refractivity contribution is -0.125. The Kier molecular flexibility index (Phi) is 5.92. The monoisotopic (exact) mass is 241 g/mol. The lowest BCUT2D eigenvalue weighted by Gasteiger charge is -2.30. The Bertz CT molecular complexity index is 235. The van der Waals surface area contributed by atoms with E-state index in [1.165, 1.54) is 25.9 Å². The Morgan fingerprint density at radius 2 is 2.00 bits per heavy atom. The molecule has 4 nitrogen and oxygen atoms in total. The Balaban J connectivity index is 2.13. The molecule has 0 aromatic rings. The summed E-state index contributed by atoms with van der Waals surface area (Å²) < 4.78 is 0. The average Bonchev–Trinajstić information content (AvgIpc) is 2.30. The molecule has 1 rings (SSSR count). The van der Waals surface area contributed by atoms with Crippen LogP contribution in [0, 0.1) is 11.8 Å². The number of carbonyl (C=O) groups is 1. The van der Waals surface area contributed by atoms with Gasteiger partial charge in [-0.25, -0.2) is 0 Å². The maximum absolute atomic E-state index is 11.7. The van der Waals surface area contributed by atoms with E-state index in [0.29, 0.717) is 0 Å². The van der Waals surface area contributed by atoms with Crippen molar-refractivity contribution in [2.75, 3.05) is 26.2 Å². The van der Waals surface area contributed by atoms with Crippen LogP contribution in [0.2, 0.25) is 0 Å². The number of carbonyl (C=O) groups excluding carboxylic acids is 1. The van der Waals surface area contributed by atoms with E-state index in [4.69, 9.17) is 5.73 Å². The molecule has 0 aliphatic carbocycles. The van der Waals surface area contributed by atoms with E-state index in [0.717, 1.165) is 19.0 Å². The van der Waals surface area contributed by atoms with Gasteiger partial charge in [-0.2, -0.15) is 0 Å². The first-order valence-electron chi connectivity index (χ1n) is 6.76. The highest BCUT2D eigenvalue weighted by atomic mass is 16.1. The van der Waals surface area contributed by atoms with E-state index in [1.54, 1.807) is 0 Å². The van der Waals surface area contributed by atoms with Crippen LogP contribution >= 0.6 is 0 Å². The first kappa shape index (κ1) is 14.5. The van der Waals surface area contributed by atoms with Crippen LogP contribution in [0.15, 0.2) is 0 Å². The molecule has 1 fully saturated rings. The molecule has 1 aliphatic rings. The van der Waals surface area contributed by atoms with Gasteiger partial charge in [-0.05, 0) is 38.8 Å². The first-order chi connectivity index (χ1) is 8.00. The number of amides is 1. The molecule has 2 unspecified atom stereocenters. The number of hydrogen-bond donors (Lipinski definition) is 2. The summed E-state index contributed by atoms with van der Waals surface area (Å²) in [7, 11) is 0. The Morgan fingerprint density at radius 3 is 2.53 bits per heavy atom. The zero-order valence-corrected chi connectivity index (χ0v) is 11.4. The zero-order chi connectivity index (χ0) is 12.8. The molecule has 1 saturated heterocycles. The third-order valence-corrected chi connectivity index (χ3v) is 3.81. The number of piperidine rings is 1. The highest BCUT2D eigenvalue weighted by molar-refractivity contribution is 5.78. The summed E-state index contributed by atoms with van der Waals surface area (Å²) in [5.41, 5.74) is 5.70. The third kappa shape index (κ3) is 5.04. The molecular formula is C13H27N3O. The van der Waals surface area contributed by atoms with Crippen LogP contribution in [-0.4, -0.2) is 43.0 Å². The minimum Gasteiger partial charge on any atom is -0.355 e. The molecule has 0 saturated carbocycles. The lowest BCUT2D eigenvalue weighted by atomic mass is 9.99. The summed E-state index contributed by atoms with van der Waals surface area (Å²) in [5.74, 6) is 0.834. The predicted molar refractivity (Wildman–Crippen MR) is 70.7 cm³/mol. The lowest BCUT2D eigenvalue weighted by Crippen LogP contribution is -2.43. The van der Waals surface area contributed by atoms with Crippen molar-refractivity contribution in [1.82, 2.24) is 10.2 Å². The van der Waals surface area contributed by atoms with Gasteiger partial charge in [0.15, 0.2) is 0 Å². The molecule has 0 spiro atoms. The summed E-state index contributed by atoms with van der Waals surface area (Å²) in [4.78, 5) is 14.1. The molecule has 0 radical (unpaired) electrons. The Labute approximate surface area is 105 Å². The van der Waals surface area contributed by atoms with Crippen LogP contribution in [0.3, 0.4) is 0 Å². The predicted octanol–water partition coefficient (Wildman–Crippen LogP) is 0.818. The second-order valence-electron chi connectivity index (χ2n) is 5.46. The molecule has 17 heavy (non-hydrogen) atoms. The second-order valence-corrected chi connectivity index (χ2v) is 5.46. The molecular weight excluding hydrogens is 214 g/mol. The Hall–Kier alpha value is -0.610. The highest BCUT2D eigenvalue weighted by Crippen LogP contribution is 2.15. The van der Waals surface area contributed by atoms with Gasteiger partial charge in [-0.1, -0.05) is 13.8 Å². The van der Waals surface area contributed by atoms with Crippen LogP contribution in [-0.2, 0) is 4.79 Å². The van der Waals surface area contributed by atoms with Crippen LogP contribution in [0.4, 0.5) is 0 Å². The molecule has 4 heteroatoms. The van der Waals surface area contributed by atoms with E-state index < -0.39 is 0 Å². The van der Waals surface area contributed by atoms with Crippen molar-refractivity contribution in [1.29, 1.82) is 0 Å². The van der Waals surface area contributed by atoms with E-state index >= 15 is 0 Å². The quantitative estimate of drug-likeness (QED) is 0.749. The standard InChI is InChI=1S/C13H27N3O/c1-10-4-7-16(8-5-10)9-6-15-13(17)11(2)12(3)14/h10-12H,4-9,14H2,1-3H3,(H,15,17). The molecule has 0 aromatic heterocycles. The van der Waals surface area contributed by atoms with Gasteiger partial charge in [0.2, 0.25) is 5.91 Å². The van der Waals surface area contributed by atoms with Crippen LogP contribution < -0.4 is 11.1 Å². The van der Waals surface area contributed by atoms with Gasteiger partial charge in [-0.15, -0.1) is 0 Å². The number of likely N-dealkylation sites (tertiary alicyclic amines) is 1. The van der Waals surface area contributed by atoms with Crippen molar-refractivity contribution in [2.24, 2.45) is 17.6 Å². The minimum atomic E-state index is -0.101. The van der Waals surface area contributed by atoms with Crippen LogP contribution in [0.25, 0.3) is 0 Å².